The zero-order valence-electron chi connectivity index (χ0n) is 14.1. The Hall–Kier alpha value is -1.84. The van der Waals surface area contributed by atoms with Crippen LogP contribution in [0.4, 0.5) is 0 Å². The van der Waals surface area contributed by atoms with Gasteiger partial charge >= 0.3 is 0 Å². The van der Waals surface area contributed by atoms with E-state index >= 15 is 0 Å². The summed E-state index contributed by atoms with van der Waals surface area (Å²) < 4.78 is 6.41. The van der Waals surface area contributed by atoms with Crippen LogP contribution in [-0.2, 0) is 4.79 Å². The largest absolute Gasteiger partial charge is 0.486 e. The quantitative estimate of drug-likeness (QED) is 0.797. The normalized spacial score (nSPS) is 36.5. The summed E-state index contributed by atoms with van der Waals surface area (Å²) in [5, 5.41) is 0. The highest BCUT2D eigenvalue weighted by atomic mass is 16.5. The van der Waals surface area contributed by atoms with Crippen molar-refractivity contribution in [3.63, 3.8) is 0 Å². The SMILES string of the molecule is Cc1ccc2c(c1)C(=O)C[C@]1(CC[C@@H]3[C@@H](C(=O)N4CCCC4)[C@@H]31)O2. The Morgan fingerprint density at radius 1 is 1.29 bits per heavy atom. The molecule has 1 spiro atoms. The van der Waals surface area contributed by atoms with Gasteiger partial charge < -0.3 is 9.64 Å². The lowest BCUT2D eigenvalue weighted by atomic mass is 9.84. The van der Waals surface area contributed by atoms with Gasteiger partial charge in [0.2, 0.25) is 5.91 Å². The van der Waals surface area contributed by atoms with Crippen LogP contribution in [0.5, 0.6) is 5.75 Å². The maximum atomic E-state index is 12.8. The summed E-state index contributed by atoms with van der Waals surface area (Å²) in [5.41, 5.74) is 1.37. The van der Waals surface area contributed by atoms with Gasteiger partial charge in [0.15, 0.2) is 5.78 Å². The van der Waals surface area contributed by atoms with Crippen LogP contribution in [-0.4, -0.2) is 35.3 Å². The van der Waals surface area contributed by atoms with Crippen molar-refractivity contribution in [2.75, 3.05) is 13.1 Å². The van der Waals surface area contributed by atoms with Gasteiger partial charge in [0.25, 0.3) is 0 Å². The minimum Gasteiger partial charge on any atom is -0.486 e. The Labute approximate surface area is 142 Å². The van der Waals surface area contributed by atoms with Crippen molar-refractivity contribution in [1.82, 2.24) is 4.90 Å². The number of carbonyl (C=O) groups excluding carboxylic acids is 2. The number of rotatable bonds is 1. The van der Waals surface area contributed by atoms with Crippen molar-refractivity contribution >= 4 is 11.7 Å². The molecule has 1 aromatic carbocycles. The second-order valence-electron chi connectivity index (χ2n) is 8.05. The molecule has 4 heteroatoms. The van der Waals surface area contributed by atoms with Gasteiger partial charge in [-0.3, -0.25) is 9.59 Å². The van der Waals surface area contributed by atoms with Crippen molar-refractivity contribution in [2.45, 2.75) is 44.6 Å². The van der Waals surface area contributed by atoms with Crippen molar-refractivity contribution in [3.05, 3.63) is 29.3 Å². The summed E-state index contributed by atoms with van der Waals surface area (Å²) >= 11 is 0. The summed E-state index contributed by atoms with van der Waals surface area (Å²) in [6, 6.07) is 5.85. The first-order chi connectivity index (χ1) is 11.6. The first kappa shape index (κ1) is 14.5. The number of ketones is 1. The van der Waals surface area contributed by atoms with Crippen molar-refractivity contribution in [2.24, 2.45) is 17.8 Å². The summed E-state index contributed by atoms with van der Waals surface area (Å²) in [7, 11) is 0. The maximum Gasteiger partial charge on any atom is 0.226 e. The Kier molecular flexibility index (Phi) is 2.92. The van der Waals surface area contributed by atoms with Crippen LogP contribution in [0.25, 0.3) is 0 Å². The molecule has 0 radical (unpaired) electrons. The zero-order valence-corrected chi connectivity index (χ0v) is 14.1. The molecule has 5 rings (SSSR count). The summed E-state index contributed by atoms with van der Waals surface area (Å²) in [6.07, 6.45) is 4.62. The molecule has 0 N–H and O–H groups in total. The maximum absolute atomic E-state index is 12.8. The number of aryl methyl sites for hydroxylation is 1. The number of fused-ring (bicyclic) bond motifs is 3. The van der Waals surface area contributed by atoms with Gasteiger partial charge in [-0.2, -0.15) is 0 Å². The van der Waals surface area contributed by atoms with E-state index in [0.29, 0.717) is 23.8 Å². The first-order valence-corrected chi connectivity index (χ1v) is 9.21. The van der Waals surface area contributed by atoms with Gasteiger partial charge in [0, 0.05) is 24.9 Å². The van der Waals surface area contributed by atoms with Gasteiger partial charge in [-0.15, -0.1) is 0 Å². The third-order valence-corrected chi connectivity index (χ3v) is 6.59. The van der Waals surface area contributed by atoms with Crippen LogP contribution in [0.2, 0.25) is 0 Å². The highest BCUT2D eigenvalue weighted by molar-refractivity contribution is 6.01. The predicted octanol–water partition coefficient (Wildman–Crippen LogP) is 2.98. The number of hydrogen-bond donors (Lipinski definition) is 0. The topological polar surface area (TPSA) is 46.6 Å². The van der Waals surface area contributed by atoms with E-state index in [9.17, 15) is 9.59 Å². The molecule has 2 aliphatic carbocycles. The van der Waals surface area contributed by atoms with Crippen LogP contribution in [0.15, 0.2) is 18.2 Å². The van der Waals surface area contributed by atoms with E-state index in [1.54, 1.807) is 0 Å². The molecule has 24 heavy (non-hydrogen) atoms. The molecule has 0 unspecified atom stereocenters. The molecule has 4 aliphatic rings. The average molecular weight is 325 g/mol. The molecule has 0 aromatic heterocycles. The molecule has 1 amide bonds. The summed E-state index contributed by atoms with van der Waals surface area (Å²) in [4.78, 5) is 27.6. The molecule has 0 bridgehead atoms. The van der Waals surface area contributed by atoms with Crippen molar-refractivity contribution in [3.8, 4) is 5.75 Å². The van der Waals surface area contributed by atoms with Gasteiger partial charge in [0.1, 0.15) is 11.4 Å². The highest BCUT2D eigenvalue weighted by Gasteiger charge is 2.71. The van der Waals surface area contributed by atoms with Gasteiger partial charge in [-0.1, -0.05) is 11.6 Å². The van der Waals surface area contributed by atoms with Crippen LogP contribution < -0.4 is 4.74 Å². The Morgan fingerprint density at radius 3 is 2.88 bits per heavy atom. The predicted molar refractivity (Wildman–Crippen MR) is 89.0 cm³/mol. The number of benzene rings is 1. The molecular weight excluding hydrogens is 302 g/mol. The fraction of sp³-hybridized carbons (Fsp3) is 0.600. The minimum absolute atomic E-state index is 0.0941. The Morgan fingerprint density at radius 2 is 2.08 bits per heavy atom. The number of carbonyl (C=O) groups is 2. The lowest BCUT2D eigenvalue weighted by molar-refractivity contribution is -0.133. The number of nitrogens with zero attached hydrogens (tertiary/aromatic N) is 1. The van der Waals surface area contributed by atoms with Crippen LogP contribution >= 0.6 is 0 Å². The van der Waals surface area contributed by atoms with Crippen LogP contribution in [0, 0.1) is 24.7 Å². The van der Waals surface area contributed by atoms with Crippen LogP contribution in [0.1, 0.15) is 48.0 Å². The van der Waals surface area contributed by atoms with E-state index in [4.69, 9.17) is 4.74 Å². The molecule has 2 heterocycles. The van der Waals surface area contributed by atoms with Crippen molar-refractivity contribution < 1.29 is 14.3 Å². The Balaban J connectivity index is 1.42. The smallest absolute Gasteiger partial charge is 0.226 e. The van der Waals surface area contributed by atoms with Crippen molar-refractivity contribution in [1.29, 1.82) is 0 Å². The third kappa shape index (κ3) is 1.92. The molecule has 2 saturated carbocycles. The number of ether oxygens (including phenoxy) is 1. The zero-order chi connectivity index (χ0) is 16.5. The monoisotopic (exact) mass is 325 g/mol. The fourth-order valence-corrected chi connectivity index (χ4v) is 5.41. The van der Waals surface area contributed by atoms with E-state index in [0.717, 1.165) is 50.1 Å². The molecule has 4 nitrogen and oxygen atoms in total. The average Bonchev–Trinajstić information content (AvgIpc) is 2.90. The standard InChI is InChI=1S/C20H23NO3/c1-12-4-5-16-14(10-12)15(22)11-20(24-16)7-6-13-17(18(13)20)19(23)21-8-2-3-9-21/h4-5,10,13,17-18H,2-3,6-9,11H2,1H3/t13-,17-,18-,20+/m1/s1. The molecule has 126 valence electrons. The lowest BCUT2D eigenvalue weighted by Gasteiger charge is -2.37. The first-order valence-electron chi connectivity index (χ1n) is 9.21. The molecule has 1 aromatic rings. The number of hydrogen-bond acceptors (Lipinski definition) is 3. The van der Waals surface area contributed by atoms with E-state index in [1.165, 1.54) is 0 Å². The third-order valence-electron chi connectivity index (χ3n) is 6.59. The summed E-state index contributed by atoms with van der Waals surface area (Å²) in [5.74, 6) is 1.97. The second kappa shape index (κ2) is 4.84. The number of amides is 1. The molecule has 3 fully saturated rings. The van der Waals surface area contributed by atoms with Crippen LogP contribution in [0.3, 0.4) is 0 Å². The van der Waals surface area contributed by atoms with Gasteiger partial charge in [-0.25, -0.2) is 0 Å². The fourth-order valence-electron chi connectivity index (χ4n) is 5.41. The van der Waals surface area contributed by atoms with E-state index in [2.05, 4.69) is 0 Å². The number of likely N-dealkylation sites (tertiary alicyclic amines) is 1. The van der Waals surface area contributed by atoms with Gasteiger partial charge in [0.05, 0.1) is 12.0 Å². The van der Waals surface area contributed by atoms with E-state index in [-0.39, 0.29) is 17.6 Å². The summed E-state index contributed by atoms with van der Waals surface area (Å²) in [6.45, 7) is 3.81. The van der Waals surface area contributed by atoms with E-state index < -0.39 is 5.60 Å². The molecular formula is C20H23NO3. The van der Waals surface area contributed by atoms with Gasteiger partial charge in [-0.05, 0) is 50.7 Å². The number of Topliss-reactive ketones (excluding diaryl/α,β-unsaturated/α-hetero) is 1. The minimum atomic E-state index is -0.427. The lowest BCUT2D eigenvalue weighted by Crippen LogP contribution is -2.44. The highest BCUT2D eigenvalue weighted by Crippen LogP contribution is 2.66. The van der Waals surface area contributed by atoms with E-state index in [1.807, 2.05) is 30.0 Å². The second-order valence-corrected chi connectivity index (χ2v) is 8.05. The molecule has 4 atom stereocenters. The Bertz CT molecular complexity index is 736. The molecule has 1 saturated heterocycles. The molecule has 2 aliphatic heterocycles.